The minimum atomic E-state index is -0.247. The van der Waals surface area contributed by atoms with Gasteiger partial charge in [-0.05, 0) is 229 Å². The fraction of sp³-hybridized carbons (Fsp3) is 0.315. The van der Waals surface area contributed by atoms with E-state index < -0.39 is 0 Å². The molecule has 0 aliphatic carbocycles. The monoisotopic (exact) mass is 1990 g/mol. The second kappa shape index (κ2) is 52.9. The smallest absolute Gasteiger partial charge is 0.505 e. The normalized spacial score (nSPS) is 16.2. The van der Waals surface area contributed by atoms with Crippen molar-refractivity contribution >= 4 is 127 Å². The average Bonchev–Trinajstić information content (AvgIpc) is 1.58. The van der Waals surface area contributed by atoms with Crippen LogP contribution >= 0.6 is 0 Å². The number of carbonyl (C=O) groups is 4. The largest absolute Gasteiger partial charge is 0.524 e. The van der Waals surface area contributed by atoms with Crippen molar-refractivity contribution in [2.45, 2.75) is 38.3 Å². The van der Waals surface area contributed by atoms with Gasteiger partial charge in [0.2, 0.25) is 0 Å². The number of hydrogen-bond donors (Lipinski definition) is 14. The van der Waals surface area contributed by atoms with Crippen molar-refractivity contribution in [1.82, 2.24) is 29.4 Å². The molecule has 38 nitrogen and oxygen atoms in total. The Labute approximate surface area is 853 Å². The number of amides is 4. The van der Waals surface area contributed by atoms with Crippen LogP contribution in [0.1, 0.15) is 67.1 Å². The number of aliphatic hydroxyl groups is 4. The topological polar surface area (TPSA) is 393 Å². The summed E-state index contributed by atoms with van der Waals surface area (Å²) in [6.07, 6.45) is 18.3. The lowest BCUT2D eigenvalue weighted by atomic mass is 10.1. The van der Waals surface area contributed by atoms with E-state index in [1.807, 2.05) is 255 Å². The molecule has 0 radical (unpaired) electrons. The second-order valence-corrected chi connectivity index (χ2v) is 36.6. The number of carbonyl (C=O) groups excluding carboxylic acids is 4. The minimum Gasteiger partial charge on any atom is -0.505 e. The van der Waals surface area contributed by atoms with Gasteiger partial charge in [-0.1, -0.05) is 0 Å². The number of hydrogen-bond acceptors (Lipinski definition) is 28. The third-order valence-electron chi connectivity index (χ3n) is 25.3. The fourth-order valence-corrected chi connectivity index (χ4v) is 16.8. The molecule has 4 amide bonds. The number of nitrogens with zero attached hydrogens (tertiary/aromatic N) is 20. The Morgan fingerprint density at radius 1 is 0.329 bits per heavy atom. The highest BCUT2D eigenvalue weighted by Gasteiger charge is 2.35. The maximum absolute atomic E-state index is 13.5. The summed E-state index contributed by atoms with van der Waals surface area (Å²) in [5, 5.41) is 109. The van der Waals surface area contributed by atoms with E-state index in [2.05, 4.69) is 104 Å². The van der Waals surface area contributed by atoms with E-state index in [4.69, 9.17) is 0 Å². The molecule has 0 bridgehead atoms. The van der Waals surface area contributed by atoms with Gasteiger partial charge < -0.3 is 101 Å². The van der Waals surface area contributed by atoms with Crippen molar-refractivity contribution in [1.29, 1.82) is 0 Å². The van der Waals surface area contributed by atoms with E-state index in [-0.39, 0.29) is 74.1 Å². The summed E-state index contributed by atoms with van der Waals surface area (Å²) in [4.78, 5) is 76.7. The molecule has 0 fully saturated rings. The van der Waals surface area contributed by atoms with Gasteiger partial charge >= 0.3 is 11.9 Å². The zero-order valence-corrected chi connectivity index (χ0v) is 85.1. The molecule has 14 N–H and O–H groups in total. The van der Waals surface area contributed by atoms with Crippen LogP contribution < -0.4 is 60.5 Å². The Morgan fingerprint density at radius 3 is 0.877 bits per heavy atom. The number of aromatic hydroxyl groups is 2. The lowest BCUT2D eigenvalue weighted by molar-refractivity contribution is -0.877. The van der Waals surface area contributed by atoms with Crippen LogP contribution in [0, 0.1) is 0 Å². The standard InChI is InChI=1S/C56H70N14O7.C52H62N14O3/c1-63(25-5-27-69-31-29-65(3)55(69)61-59-47-13-11-44(12-14-47)57-45-15-20-49(21-16-45)67(33-37-71)34-38-72)53(76)42-7-9-43(10-8-42)54(77)64(2)26-6-28-70-32-30-66(4)56(70)62-60-51-24-19-48(41-52(51)75)58-46-17-22-50(23-18-46)68(35-39-73)36-40-74;1-59(2)45-24-19-41(20-25-45)53-40-15-17-43(18-16-40)55-57-51-63(7)33-35-65(51)31-9-29-61(5)49(68)38-11-13-39(14-12-38)50(69)62(6)30-10-32-66-36-34-64(8)52(66)58-56-47-28-23-44(37-48(47)67)54-42-21-26-46(27-22-42)60(3)4/h7-24,29-32,41,55,71-74H,5-6,25-28,33-40H2,1-4H3,(H2,57,58,61,75);11-28,33-37,51H,9-10,29-32H2,1-8H3,(H2,53,54,57,67)/p+6. The average molecular weight is 1990 g/mol. The van der Waals surface area contributed by atoms with Crippen molar-refractivity contribution in [3.05, 3.63) is 302 Å². The van der Waals surface area contributed by atoms with Gasteiger partial charge in [-0.3, -0.25) is 29.0 Å². The number of aliphatic hydroxyl groups excluding tert-OH is 4. The molecule has 6 atom stereocenters. The van der Waals surface area contributed by atoms with E-state index in [9.17, 15) is 49.8 Å². The van der Waals surface area contributed by atoms with Crippen molar-refractivity contribution in [3.8, 4) is 11.5 Å². The highest BCUT2D eigenvalue weighted by atomic mass is 16.3. The molecule has 146 heavy (non-hydrogen) atoms. The molecule has 10 aromatic rings. The van der Waals surface area contributed by atoms with Gasteiger partial charge in [0.1, 0.15) is 58.9 Å². The fourth-order valence-electron chi connectivity index (χ4n) is 16.8. The van der Waals surface area contributed by atoms with Gasteiger partial charge in [0.05, 0.1) is 90.5 Å². The van der Waals surface area contributed by atoms with E-state index >= 15 is 0 Å². The molecule has 4 heterocycles. The van der Waals surface area contributed by atoms with E-state index in [1.54, 1.807) is 127 Å². The number of phenols is 2. The summed E-state index contributed by atoms with van der Waals surface area (Å²) < 4.78 is 3.75. The number of rotatable bonds is 46. The number of benzene rings is 10. The van der Waals surface area contributed by atoms with Crippen molar-refractivity contribution in [3.63, 3.8) is 0 Å². The summed E-state index contributed by atoms with van der Waals surface area (Å²) in [6.45, 7) is 6.62. The summed E-state index contributed by atoms with van der Waals surface area (Å²) in [7, 11) is 22.9. The number of guanidine groups is 2. The van der Waals surface area contributed by atoms with Crippen molar-refractivity contribution < 1.29 is 78.6 Å². The first-order valence-electron chi connectivity index (χ1n) is 48.9. The predicted molar refractivity (Wildman–Crippen MR) is 572 cm³/mol. The SMILES string of the molecule is CN(CCC[NH+]1C=C[N+](C)=C1N=Nc1ccc(Nc2ccc(N(C)C)cc2)cc1O)C(=O)c1ccc(C(=O)N(C)CCC[NH+]2C=CN(C)C2N=Nc2ccc(Nc3ccc(N(C)C)cc3)cc2)cc1.CN(CCC[NH+]1C=C[N+](C)=C1N=Nc1ccc(Nc2ccc(N(CCO)CCO)cc2)cc1O)C(=O)c1ccc(C(=O)N(C)CCC[NH+]2C=CN(C)C2N=Nc2ccc(Nc3ccc(N(CCO)CCO)cc3)cc2)cc1. The number of nitrogens with one attached hydrogen (secondary N) is 8. The highest BCUT2D eigenvalue weighted by molar-refractivity contribution is 5.99. The van der Waals surface area contributed by atoms with Gasteiger partial charge in [-0.2, -0.15) is 19.0 Å². The molecule has 14 rings (SSSR count). The first kappa shape index (κ1) is 107. The molecule has 0 saturated heterocycles. The first-order valence-corrected chi connectivity index (χ1v) is 48.9. The molecular formula is C108H138N28O10+6. The molecule has 38 heteroatoms. The molecule has 764 valence electrons. The number of phenolic OH excluding ortho intramolecular Hbond substituents is 2. The Kier molecular flexibility index (Phi) is 38.9. The lowest BCUT2D eigenvalue weighted by Gasteiger charge is -2.23. The Morgan fingerprint density at radius 2 is 0.596 bits per heavy atom. The third-order valence-corrected chi connectivity index (χ3v) is 25.3. The van der Waals surface area contributed by atoms with Crippen LogP contribution in [0.3, 0.4) is 0 Å². The van der Waals surface area contributed by atoms with Crippen LogP contribution in [0.2, 0.25) is 0 Å². The van der Waals surface area contributed by atoms with Crippen molar-refractivity contribution in [2.75, 3.05) is 230 Å². The molecule has 0 spiro atoms. The van der Waals surface area contributed by atoms with E-state index in [0.29, 0.717) is 130 Å². The zero-order valence-electron chi connectivity index (χ0n) is 85.1. The Hall–Kier alpha value is -15.9. The molecule has 4 aliphatic rings. The van der Waals surface area contributed by atoms with Gasteiger partial charge in [0.15, 0.2) is 11.4 Å². The van der Waals surface area contributed by atoms with E-state index in [1.165, 1.54) is 0 Å². The highest BCUT2D eigenvalue weighted by Crippen LogP contribution is 2.35. The molecule has 10 aromatic carbocycles. The summed E-state index contributed by atoms with van der Waals surface area (Å²) in [5.74, 6) is 0.799. The van der Waals surface area contributed by atoms with Gasteiger partial charge in [0.25, 0.3) is 36.2 Å². The predicted octanol–water partition coefficient (Wildman–Crippen LogP) is 10.4. The van der Waals surface area contributed by atoms with E-state index in [0.717, 1.165) is 119 Å². The molecule has 0 aromatic heterocycles. The van der Waals surface area contributed by atoms with Crippen LogP contribution in [0.25, 0.3) is 0 Å². The zero-order chi connectivity index (χ0) is 104. The summed E-state index contributed by atoms with van der Waals surface area (Å²) >= 11 is 0. The van der Waals surface area contributed by atoms with Crippen LogP contribution in [0.15, 0.2) is 321 Å². The lowest BCUT2D eigenvalue weighted by Crippen LogP contribution is -3.11. The quantitative estimate of drug-likeness (QED) is 0.0124. The Balaban J connectivity index is 0.000000246. The van der Waals surface area contributed by atoms with Gasteiger partial charge in [-0.25, -0.2) is 0 Å². The van der Waals surface area contributed by atoms with Crippen LogP contribution in [0.4, 0.5) is 91.0 Å². The van der Waals surface area contributed by atoms with Crippen molar-refractivity contribution in [2.24, 2.45) is 40.9 Å². The van der Waals surface area contributed by atoms with Gasteiger partial charge in [-0.15, -0.1) is 20.5 Å². The van der Waals surface area contributed by atoms with Crippen LogP contribution in [0.5, 0.6) is 11.5 Å². The molecule has 6 unspecified atom stereocenters. The van der Waals surface area contributed by atoms with Crippen LogP contribution in [-0.4, -0.2) is 307 Å². The number of quaternary nitrogens is 4. The summed E-state index contributed by atoms with van der Waals surface area (Å²) in [6, 6.07) is 71.2. The minimum absolute atomic E-state index is 0.00870. The molecule has 4 aliphatic heterocycles. The maximum atomic E-state index is 13.5. The third kappa shape index (κ3) is 30.1. The van der Waals surface area contributed by atoms with Crippen LogP contribution in [-0.2, 0) is 0 Å². The Bertz CT molecular complexity index is 6310. The number of azo groups is 4. The maximum Gasteiger partial charge on any atom is 0.524 e. The number of anilines is 12. The first-order chi connectivity index (χ1) is 70.6. The van der Waals surface area contributed by atoms with Gasteiger partial charge in [0, 0.05) is 251 Å². The molecule has 0 saturated carbocycles. The molecular weight excluding hydrogens is 1850 g/mol. The summed E-state index contributed by atoms with van der Waals surface area (Å²) in [5.41, 5.74) is 15.1. The second-order valence-electron chi connectivity index (χ2n) is 36.6.